The van der Waals surface area contributed by atoms with Gasteiger partial charge in [0.25, 0.3) is 12.0 Å². The standard InChI is InChI=1S/C8H5BrF2N2O/c9-5-3-4(1-2-12)6(7(10)11)8(14)13-5/h3,7H,1H2,(H,13,14). The first kappa shape index (κ1) is 10.9. The summed E-state index contributed by atoms with van der Waals surface area (Å²) in [6.07, 6.45) is -3.07. The predicted octanol–water partition coefficient (Wildman–Crippen LogP) is 2.14. The van der Waals surface area contributed by atoms with E-state index in [0.717, 1.165) is 0 Å². The van der Waals surface area contributed by atoms with E-state index in [0.29, 0.717) is 0 Å². The van der Waals surface area contributed by atoms with Crippen molar-refractivity contribution < 1.29 is 8.78 Å². The average molecular weight is 263 g/mol. The summed E-state index contributed by atoms with van der Waals surface area (Å²) < 4.78 is 25.1. The van der Waals surface area contributed by atoms with Gasteiger partial charge in [-0.25, -0.2) is 8.78 Å². The lowest BCUT2D eigenvalue weighted by atomic mass is 10.1. The van der Waals surface area contributed by atoms with Crippen LogP contribution in [-0.4, -0.2) is 4.98 Å². The normalized spacial score (nSPS) is 10.2. The minimum Gasteiger partial charge on any atom is -0.316 e. The highest BCUT2D eigenvalue weighted by molar-refractivity contribution is 9.10. The maximum absolute atomic E-state index is 12.4. The molecule has 0 aliphatic carbocycles. The van der Waals surface area contributed by atoms with Crippen LogP contribution in [0.2, 0.25) is 0 Å². The fourth-order valence-corrected chi connectivity index (χ4v) is 1.52. The number of hydrogen-bond acceptors (Lipinski definition) is 2. The van der Waals surface area contributed by atoms with Gasteiger partial charge in [-0.15, -0.1) is 0 Å². The van der Waals surface area contributed by atoms with E-state index in [-0.39, 0.29) is 16.6 Å². The van der Waals surface area contributed by atoms with Crippen molar-refractivity contribution >= 4 is 15.9 Å². The number of pyridine rings is 1. The zero-order chi connectivity index (χ0) is 10.7. The molecule has 0 unspecified atom stereocenters. The summed E-state index contributed by atoms with van der Waals surface area (Å²) >= 11 is 2.96. The number of halogens is 3. The number of aromatic nitrogens is 1. The number of nitrogens with one attached hydrogen (secondary N) is 1. The molecule has 0 aliphatic heterocycles. The smallest absolute Gasteiger partial charge is 0.269 e. The van der Waals surface area contributed by atoms with Crippen molar-refractivity contribution in [3.05, 3.63) is 32.2 Å². The van der Waals surface area contributed by atoms with Gasteiger partial charge in [0.15, 0.2) is 0 Å². The third kappa shape index (κ3) is 2.17. The van der Waals surface area contributed by atoms with E-state index in [1.54, 1.807) is 6.07 Å². The van der Waals surface area contributed by atoms with Crippen molar-refractivity contribution in [2.75, 3.05) is 0 Å². The lowest BCUT2D eigenvalue weighted by Gasteiger charge is -2.04. The number of aromatic amines is 1. The summed E-state index contributed by atoms with van der Waals surface area (Å²) in [5.41, 5.74) is -1.44. The van der Waals surface area contributed by atoms with Crippen LogP contribution in [0.25, 0.3) is 0 Å². The van der Waals surface area contributed by atoms with Crippen molar-refractivity contribution in [2.45, 2.75) is 12.8 Å². The molecule has 3 nitrogen and oxygen atoms in total. The van der Waals surface area contributed by atoms with Crippen LogP contribution < -0.4 is 5.56 Å². The average Bonchev–Trinajstić information content (AvgIpc) is 2.01. The van der Waals surface area contributed by atoms with Gasteiger partial charge in [0, 0.05) is 0 Å². The third-order valence-corrected chi connectivity index (χ3v) is 2.04. The van der Waals surface area contributed by atoms with Gasteiger partial charge in [0.1, 0.15) is 0 Å². The van der Waals surface area contributed by atoms with E-state index in [1.165, 1.54) is 6.07 Å². The predicted molar refractivity (Wildman–Crippen MR) is 49.0 cm³/mol. The van der Waals surface area contributed by atoms with Gasteiger partial charge in [-0.2, -0.15) is 5.26 Å². The minimum atomic E-state index is -2.87. The first-order chi connectivity index (χ1) is 6.56. The van der Waals surface area contributed by atoms with Gasteiger partial charge in [-0.3, -0.25) is 4.79 Å². The second-order valence-electron chi connectivity index (χ2n) is 2.52. The number of alkyl halides is 2. The second kappa shape index (κ2) is 4.33. The first-order valence-electron chi connectivity index (χ1n) is 3.63. The van der Waals surface area contributed by atoms with Crippen molar-refractivity contribution in [3.8, 4) is 6.07 Å². The highest BCUT2D eigenvalue weighted by Crippen LogP contribution is 2.21. The molecule has 0 aliphatic rings. The lowest BCUT2D eigenvalue weighted by Crippen LogP contribution is -2.16. The van der Waals surface area contributed by atoms with Crippen molar-refractivity contribution in [1.82, 2.24) is 4.98 Å². The molecule has 1 aromatic heterocycles. The monoisotopic (exact) mass is 262 g/mol. The Morgan fingerprint density at radius 1 is 1.64 bits per heavy atom. The Kier molecular flexibility index (Phi) is 3.36. The van der Waals surface area contributed by atoms with Gasteiger partial charge in [-0.1, -0.05) is 0 Å². The van der Waals surface area contributed by atoms with Crippen LogP contribution in [0, 0.1) is 11.3 Å². The molecular weight excluding hydrogens is 258 g/mol. The third-order valence-electron chi connectivity index (χ3n) is 1.61. The zero-order valence-electron chi connectivity index (χ0n) is 6.85. The number of H-pyrrole nitrogens is 1. The summed E-state index contributed by atoms with van der Waals surface area (Å²) in [7, 11) is 0. The maximum atomic E-state index is 12.4. The van der Waals surface area contributed by atoms with Crippen LogP contribution in [0.15, 0.2) is 15.5 Å². The van der Waals surface area contributed by atoms with Crippen LogP contribution in [0.1, 0.15) is 17.6 Å². The first-order valence-corrected chi connectivity index (χ1v) is 4.42. The van der Waals surface area contributed by atoms with E-state index >= 15 is 0 Å². The Morgan fingerprint density at radius 3 is 2.79 bits per heavy atom. The van der Waals surface area contributed by atoms with Crippen molar-refractivity contribution in [3.63, 3.8) is 0 Å². The molecule has 0 spiro atoms. The summed E-state index contributed by atoms with van der Waals surface area (Å²) in [4.78, 5) is 13.3. The number of hydrogen-bond donors (Lipinski definition) is 1. The SMILES string of the molecule is N#CCc1cc(Br)[nH]c(=O)c1C(F)F. The van der Waals surface area contributed by atoms with Gasteiger partial charge >= 0.3 is 0 Å². The molecule has 14 heavy (non-hydrogen) atoms. The van der Waals surface area contributed by atoms with E-state index in [2.05, 4.69) is 20.9 Å². The maximum Gasteiger partial charge on any atom is 0.269 e. The number of nitrogens with zero attached hydrogens (tertiary/aromatic N) is 1. The Labute approximate surface area is 86.5 Å². The fourth-order valence-electron chi connectivity index (χ4n) is 1.06. The van der Waals surface area contributed by atoms with Crippen molar-refractivity contribution in [2.24, 2.45) is 0 Å². The van der Waals surface area contributed by atoms with Gasteiger partial charge < -0.3 is 4.98 Å². The summed E-state index contributed by atoms with van der Waals surface area (Å²) in [5, 5.41) is 8.39. The quantitative estimate of drug-likeness (QED) is 0.831. The minimum absolute atomic E-state index is 0.0538. The molecule has 0 aromatic carbocycles. The molecule has 0 saturated heterocycles. The van der Waals surface area contributed by atoms with Crippen LogP contribution in [0.5, 0.6) is 0 Å². The Morgan fingerprint density at radius 2 is 2.29 bits per heavy atom. The number of nitriles is 1. The van der Waals surface area contributed by atoms with Crippen LogP contribution in [0.4, 0.5) is 8.78 Å². The van der Waals surface area contributed by atoms with E-state index in [9.17, 15) is 13.6 Å². The molecule has 1 N–H and O–H groups in total. The van der Waals surface area contributed by atoms with Crippen LogP contribution >= 0.6 is 15.9 Å². The highest BCUT2D eigenvalue weighted by atomic mass is 79.9. The summed E-state index contributed by atoms with van der Waals surface area (Å²) in [6, 6.07) is 3.04. The molecule has 1 aromatic rings. The molecule has 1 rings (SSSR count). The number of rotatable bonds is 2. The molecule has 0 radical (unpaired) electrons. The lowest BCUT2D eigenvalue weighted by molar-refractivity contribution is 0.148. The van der Waals surface area contributed by atoms with E-state index < -0.39 is 17.5 Å². The molecule has 0 amide bonds. The molecule has 0 saturated carbocycles. The molecule has 0 fully saturated rings. The summed E-state index contributed by atoms with van der Waals surface area (Å²) in [6.45, 7) is 0. The Bertz CT molecular complexity index is 436. The van der Waals surface area contributed by atoms with Crippen LogP contribution in [0.3, 0.4) is 0 Å². The molecule has 0 atom stereocenters. The molecule has 74 valence electrons. The molecule has 6 heteroatoms. The largest absolute Gasteiger partial charge is 0.316 e. The molecule has 1 heterocycles. The van der Waals surface area contributed by atoms with Crippen molar-refractivity contribution in [1.29, 1.82) is 5.26 Å². The van der Waals surface area contributed by atoms with E-state index in [4.69, 9.17) is 5.26 Å². The highest BCUT2D eigenvalue weighted by Gasteiger charge is 2.17. The van der Waals surface area contributed by atoms with Crippen LogP contribution in [-0.2, 0) is 6.42 Å². The Balaban J connectivity index is 3.38. The Hall–Kier alpha value is -1.22. The van der Waals surface area contributed by atoms with E-state index in [1.807, 2.05) is 0 Å². The topological polar surface area (TPSA) is 56.6 Å². The zero-order valence-corrected chi connectivity index (χ0v) is 8.44. The summed E-state index contributed by atoms with van der Waals surface area (Å²) in [5.74, 6) is 0. The van der Waals surface area contributed by atoms with Gasteiger partial charge in [-0.05, 0) is 27.6 Å². The fraction of sp³-hybridized carbons (Fsp3) is 0.250. The van der Waals surface area contributed by atoms with Gasteiger partial charge in [0.05, 0.1) is 22.7 Å². The van der Waals surface area contributed by atoms with Gasteiger partial charge in [0.2, 0.25) is 0 Å². The molecular formula is C8H5BrF2N2O. The second-order valence-corrected chi connectivity index (χ2v) is 3.38. The molecule has 0 bridgehead atoms.